The number of halogens is 2. The Morgan fingerprint density at radius 1 is 1.03 bits per heavy atom. The van der Waals surface area contributed by atoms with E-state index in [1.54, 1.807) is 0 Å². The molecule has 146 valence electrons. The Labute approximate surface area is 180 Å². The molecule has 1 heterocycles. The number of fused-ring (bicyclic) bond motifs is 1. The maximum absolute atomic E-state index is 14.4. The Morgan fingerprint density at radius 2 is 1.76 bits per heavy atom. The third kappa shape index (κ3) is 3.95. The van der Waals surface area contributed by atoms with Gasteiger partial charge in [0.1, 0.15) is 11.6 Å². The van der Waals surface area contributed by atoms with Crippen LogP contribution >= 0.6 is 27.7 Å². The van der Waals surface area contributed by atoms with E-state index in [9.17, 15) is 9.18 Å². The maximum atomic E-state index is 14.4. The van der Waals surface area contributed by atoms with Gasteiger partial charge in [-0.2, -0.15) is 0 Å². The highest BCUT2D eigenvalue weighted by molar-refractivity contribution is 9.10. The molecule has 3 nitrogen and oxygen atoms in total. The first-order chi connectivity index (χ1) is 14.1. The fourth-order valence-corrected chi connectivity index (χ4v) is 4.43. The second-order valence-electron chi connectivity index (χ2n) is 6.42. The van der Waals surface area contributed by atoms with Gasteiger partial charge in [0.15, 0.2) is 0 Å². The van der Waals surface area contributed by atoms with Gasteiger partial charge in [-0.1, -0.05) is 48.5 Å². The molecule has 0 aliphatic heterocycles. The van der Waals surface area contributed by atoms with Gasteiger partial charge in [0.2, 0.25) is 0 Å². The predicted molar refractivity (Wildman–Crippen MR) is 120 cm³/mol. The van der Waals surface area contributed by atoms with Gasteiger partial charge in [-0.15, -0.1) is 11.8 Å². The Morgan fingerprint density at radius 3 is 2.52 bits per heavy atom. The summed E-state index contributed by atoms with van der Waals surface area (Å²) < 4.78 is 21.6. The summed E-state index contributed by atoms with van der Waals surface area (Å²) in [7, 11) is 1.50. The largest absolute Gasteiger partial charge is 0.495 e. The van der Waals surface area contributed by atoms with E-state index in [1.165, 1.54) is 35.6 Å². The minimum absolute atomic E-state index is 0.204. The van der Waals surface area contributed by atoms with E-state index < -0.39 is 5.82 Å². The lowest BCUT2D eigenvalue weighted by Gasteiger charge is -2.16. The molecular formula is C23H17BrFNO2S. The normalized spacial score (nSPS) is 11.0. The lowest BCUT2D eigenvalue weighted by atomic mass is 10.2. The molecule has 0 spiro atoms. The molecule has 0 amide bonds. The van der Waals surface area contributed by atoms with Crippen molar-refractivity contribution >= 4 is 38.6 Å². The molecule has 29 heavy (non-hydrogen) atoms. The van der Waals surface area contributed by atoms with Crippen molar-refractivity contribution in [1.82, 2.24) is 4.57 Å². The standard InChI is InChI=1S/C23H17BrFNO2S/c1-28-21-12-17(24)18(25)13-20(21)26-19-10-6-5-9-16(19)11-22(23(26)27)29-14-15-7-3-2-4-8-15/h2-13H,14H2,1H3. The maximum Gasteiger partial charge on any atom is 0.269 e. The van der Waals surface area contributed by atoms with Crippen molar-refractivity contribution in [3.05, 3.63) is 99.0 Å². The highest BCUT2D eigenvalue weighted by atomic mass is 79.9. The topological polar surface area (TPSA) is 31.2 Å². The Kier molecular flexibility index (Phi) is 5.74. The molecule has 4 aromatic rings. The predicted octanol–water partition coefficient (Wildman–Crippen LogP) is 6.19. The van der Waals surface area contributed by atoms with Gasteiger partial charge in [0, 0.05) is 11.8 Å². The number of methoxy groups -OCH3 is 1. The van der Waals surface area contributed by atoms with Crippen molar-refractivity contribution in [1.29, 1.82) is 0 Å². The van der Waals surface area contributed by atoms with Crippen LogP contribution in [0.1, 0.15) is 5.56 Å². The van der Waals surface area contributed by atoms with Gasteiger partial charge in [-0.25, -0.2) is 4.39 Å². The molecule has 3 aromatic carbocycles. The first-order valence-corrected chi connectivity index (χ1v) is 10.7. The van der Waals surface area contributed by atoms with Crippen molar-refractivity contribution in [2.24, 2.45) is 0 Å². The van der Waals surface area contributed by atoms with Crippen LogP contribution in [-0.4, -0.2) is 11.7 Å². The Hall–Kier alpha value is -2.57. The summed E-state index contributed by atoms with van der Waals surface area (Å²) in [5, 5.41) is 0.896. The zero-order chi connectivity index (χ0) is 20.4. The van der Waals surface area contributed by atoms with Crippen LogP contribution in [0.15, 0.2) is 87.0 Å². The first-order valence-electron chi connectivity index (χ1n) is 8.93. The van der Waals surface area contributed by atoms with Gasteiger partial charge in [0.05, 0.1) is 27.7 Å². The van der Waals surface area contributed by atoms with Crippen LogP contribution in [0.3, 0.4) is 0 Å². The second-order valence-corrected chi connectivity index (χ2v) is 8.29. The lowest BCUT2D eigenvalue weighted by molar-refractivity contribution is 0.411. The third-order valence-electron chi connectivity index (χ3n) is 4.58. The molecule has 0 fully saturated rings. The number of hydrogen-bond donors (Lipinski definition) is 0. The molecule has 0 aliphatic rings. The number of ether oxygens (including phenoxy) is 1. The van der Waals surface area contributed by atoms with E-state index in [1.807, 2.05) is 60.7 Å². The van der Waals surface area contributed by atoms with E-state index in [-0.39, 0.29) is 10.0 Å². The summed E-state index contributed by atoms with van der Waals surface area (Å²) in [6.45, 7) is 0. The number of rotatable bonds is 5. The van der Waals surface area contributed by atoms with Crippen LogP contribution in [0.25, 0.3) is 16.6 Å². The van der Waals surface area contributed by atoms with E-state index in [4.69, 9.17) is 4.74 Å². The highest BCUT2D eigenvalue weighted by Crippen LogP contribution is 2.32. The van der Waals surface area contributed by atoms with Crippen molar-refractivity contribution < 1.29 is 9.13 Å². The minimum Gasteiger partial charge on any atom is -0.495 e. The molecule has 0 unspecified atom stereocenters. The fourth-order valence-electron chi connectivity index (χ4n) is 3.17. The number of pyridine rings is 1. The van der Waals surface area contributed by atoms with Crippen molar-refractivity contribution in [2.75, 3.05) is 7.11 Å². The van der Waals surface area contributed by atoms with Crippen molar-refractivity contribution in [2.45, 2.75) is 10.6 Å². The average molecular weight is 470 g/mol. The van der Waals surface area contributed by atoms with Crippen molar-refractivity contribution in [3.8, 4) is 11.4 Å². The summed E-state index contributed by atoms with van der Waals surface area (Å²) >= 11 is 4.65. The monoisotopic (exact) mass is 469 g/mol. The molecule has 1 aromatic heterocycles. The number of thioether (sulfide) groups is 1. The molecule has 0 aliphatic carbocycles. The summed E-state index contributed by atoms with van der Waals surface area (Å²) in [4.78, 5) is 14.0. The molecule has 6 heteroatoms. The average Bonchev–Trinajstić information content (AvgIpc) is 2.75. The molecule has 4 rings (SSSR count). The number of benzene rings is 3. The van der Waals surface area contributed by atoms with Crippen LogP contribution in [-0.2, 0) is 5.75 Å². The SMILES string of the molecule is COc1cc(Br)c(F)cc1-n1c(=O)c(SCc2ccccc2)cc2ccccc21. The second kappa shape index (κ2) is 8.43. The van der Waals surface area contributed by atoms with E-state index in [0.717, 1.165) is 10.9 Å². The summed E-state index contributed by atoms with van der Waals surface area (Å²) in [5.74, 6) is 0.620. The van der Waals surface area contributed by atoms with Gasteiger partial charge in [0.25, 0.3) is 5.56 Å². The van der Waals surface area contributed by atoms with Gasteiger partial charge < -0.3 is 4.74 Å². The molecule has 0 saturated carbocycles. The molecule has 0 atom stereocenters. The number of para-hydroxylation sites is 1. The smallest absolute Gasteiger partial charge is 0.269 e. The Bertz CT molecular complexity index is 1240. The molecular weight excluding hydrogens is 453 g/mol. The zero-order valence-electron chi connectivity index (χ0n) is 15.6. The summed E-state index contributed by atoms with van der Waals surface area (Å²) in [6, 6.07) is 22.3. The van der Waals surface area contributed by atoms with Crippen LogP contribution < -0.4 is 10.3 Å². The molecule has 0 N–H and O–H groups in total. The Balaban J connectivity index is 1.91. The highest BCUT2D eigenvalue weighted by Gasteiger charge is 2.17. The van der Waals surface area contributed by atoms with Gasteiger partial charge in [-0.3, -0.25) is 9.36 Å². The van der Waals surface area contributed by atoms with E-state index in [2.05, 4.69) is 15.9 Å². The number of nitrogens with zero attached hydrogens (tertiary/aromatic N) is 1. The fraction of sp³-hybridized carbons (Fsp3) is 0.0870. The van der Waals surface area contributed by atoms with Crippen LogP contribution in [0.4, 0.5) is 4.39 Å². The molecule has 0 saturated heterocycles. The minimum atomic E-state index is -0.459. The van der Waals surface area contributed by atoms with Crippen LogP contribution in [0, 0.1) is 5.82 Å². The van der Waals surface area contributed by atoms with Crippen LogP contribution in [0.2, 0.25) is 0 Å². The quantitative estimate of drug-likeness (QED) is 0.326. The number of aromatic nitrogens is 1. The van der Waals surface area contributed by atoms with E-state index >= 15 is 0 Å². The number of hydrogen-bond acceptors (Lipinski definition) is 3. The van der Waals surface area contributed by atoms with Crippen LogP contribution in [0.5, 0.6) is 5.75 Å². The molecule has 0 bridgehead atoms. The molecule has 0 radical (unpaired) electrons. The van der Waals surface area contributed by atoms with Gasteiger partial charge in [-0.05, 0) is 45.1 Å². The first kappa shape index (κ1) is 19.7. The van der Waals surface area contributed by atoms with Crippen molar-refractivity contribution in [3.63, 3.8) is 0 Å². The lowest BCUT2D eigenvalue weighted by Crippen LogP contribution is -2.21. The summed E-state index contributed by atoms with van der Waals surface area (Å²) in [5.41, 5.74) is 1.99. The third-order valence-corrected chi connectivity index (χ3v) is 6.27. The van der Waals surface area contributed by atoms with Gasteiger partial charge >= 0.3 is 0 Å². The van der Waals surface area contributed by atoms with E-state index in [0.29, 0.717) is 27.6 Å². The summed E-state index contributed by atoms with van der Waals surface area (Å²) in [6.07, 6.45) is 0. The zero-order valence-corrected chi connectivity index (χ0v) is 18.0.